The fourth-order valence-corrected chi connectivity index (χ4v) is 2.40. The van der Waals surface area contributed by atoms with Crippen molar-refractivity contribution in [2.24, 2.45) is 5.73 Å². The maximum absolute atomic E-state index is 11.9. The summed E-state index contributed by atoms with van der Waals surface area (Å²) >= 11 is 0. The van der Waals surface area contributed by atoms with Gasteiger partial charge in [-0.3, -0.25) is 14.1 Å². The zero-order chi connectivity index (χ0) is 11.8. The summed E-state index contributed by atoms with van der Waals surface area (Å²) in [5, 5.41) is 0. The van der Waals surface area contributed by atoms with Gasteiger partial charge in [0.2, 0.25) is 5.91 Å². The first kappa shape index (κ1) is 13.4. The Morgan fingerprint density at radius 3 is 2.81 bits per heavy atom. The Hall–Kier alpha value is -0.640. The SMILES string of the molecule is NC(=O)C[C@@H]1CCCCN1CCCCCF. The average Bonchev–Trinajstić information content (AvgIpc) is 2.26. The maximum atomic E-state index is 11.9. The summed E-state index contributed by atoms with van der Waals surface area (Å²) in [4.78, 5) is 13.3. The number of nitrogens with zero attached hydrogens (tertiary/aromatic N) is 1. The van der Waals surface area contributed by atoms with Crippen LogP contribution >= 0.6 is 0 Å². The second-order valence-electron chi connectivity index (χ2n) is 4.61. The van der Waals surface area contributed by atoms with E-state index in [1.54, 1.807) is 0 Å². The Morgan fingerprint density at radius 2 is 2.12 bits per heavy atom. The lowest BCUT2D eigenvalue weighted by molar-refractivity contribution is -0.119. The Kier molecular flexibility index (Phi) is 6.38. The molecule has 1 amide bonds. The third kappa shape index (κ3) is 4.92. The maximum Gasteiger partial charge on any atom is 0.218 e. The molecule has 1 aliphatic heterocycles. The lowest BCUT2D eigenvalue weighted by Gasteiger charge is -2.35. The third-order valence-corrected chi connectivity index (χ3v) is 3.26. The first-order valence-corrected chi connectivity index (χ1v) is 6.32. The molecule has 0 spiro atoms. The van der Waals surface area contributed by atoms with Gasteiger partial charge in [-0.15, -0.1) is 0 Å². The van der Waals surface area contributed by atoms with Crippen molar-refractivity contribution in [3.8, 4) is 0 Å². The van der Waals surface area contributed by atoms with E-state index in [-0.39, 0.29) is 12.6 Å². The Labute approximate surface area is 97.2 Å². The van der Waals surface area contributed by atoms with Gasteiger partial charge in [0, 0.05) is 12.5 Å². The minimum absolute atomic E-state index is 0.208. The van der Waals surface area contributed by atoms with Crippen LogP contribution in [0.2, 0.25) is 0 Å². The summed E-state index contributed by atoms with van der Waals surface area (Å²) in [5.41, 5.74) is 5.25. The topological polar surface area (TPSA) is 46.3 Å². The molecule has 1 rings (SSSR count). The molecule has 1 fully saturated rings. The molecular weight excluding hydrogens is 207 g/mol. The molecule has 2 N–H and O–H groups in total. The van der Waals surface area contributed by atoms with E-state index >= 15 is 0 Å². The number of hydrogen-bond acceptors (Lipinski definition) is 2. The third-order valence-electron chi connectivity index (χ3n) is 3.26. The van der Waals surface area contributed by atoms with Crippen molar-refractivity contribution < 1.29 is 9.18 Å². The standard InChI is InChI=1S/C12H23FN2O/c13-7-3-1-4-8-15-9-5-2-6-11(15)10-12(14)16/h11H,1-10H2,(H2,14,16)/t11-/m0/s1. The lowest BCUT2D eigenvalue weighted by Crippen LogP contribution is -2.42. The zero-order valence-electron chi connectivity index (χ0n) is 9.96. The monoisotopic (exact) mass is 230 g/mol. The van der Waals surface area contributed by atoms with Gasteiger partial charge in [-0.2, -0.15) is 0 Å². The number of piperidine rings is 1. The van der Waals surface area contributed by atoms with Gasteiger partial charge in [0.25, 0.3) is 0 Å². The highest BCUT2D eigenvalue weighted by atomic mass is 19.1. The fourth-order valence-electron chi connectivity index (χ4n) is 2.40. The number of amides is 1. The second kappa shape index (κ2) is 7.60. The van der Waals surface area contributed by atoms with Crippen molar-refractivity contribution in [3.63, 3.8) is 0 Å². The first-order valence-electron chi connectivity index (χ1n) is 6.32. The molecule has 0 aromatic carbocycles. The highest BCUT2D eigenvalue weighted by Crippen LogP contribution is 2.20. The number of carbonyl (C=O) groups is 1. The molecule has 0 saturated carbocycles. The normalized spacial score (nSPS) is 22.2. The van der Waals surface area contributed by atoms with Crippen LogP contribution in [0, 0.1) is 0 Å². The van der Waals surface area contributed by atoms with Gasteiger partial charge >= 0.3 is 0 Å². The molecule has 0 bridgehead atoms. The van der Waals surface area contributed by atoms with Crippen molar-refractivity contribution in [1.82, 2.24) is 4.90 Å². The van der Waals surface area contributed by atoms with Gasteiger partial charge in [0.15, 0.2) is 0 Å². The van der Waals surface area contributed by atoms with Crippen molar-refractivity contribution in [2.45, 2.75) is 51.0 Å². The number of nitrogens with two attached hydrogens (primary N) is 1. The number of alkyl halides is 1. The molecule has 1 saturated heterocycles. The van der Waals surface area contributed by atoms with E-state index in [4.69, 9.17) is 5.73 Å². The summed E-state index contributed by atoms with van der Waals surface area (Å²) in [7, 11) is 0. The number of unbranched alkanes of at least 4 members (excludes halogenated alkanes) is 2. The van der Waals surface area contributed by atoms with Crippen LogP contribution in [0.25, 0.3) is 0 Å². The molecule has 0 radical (unpaired) electrons. The zero-order valence-corrected chi connectivity index (χ0v) is 9.96. The molecule has 0 unspecified atom stereocenters. The van der Waals surface area contributed by atoms with Crippen LogP contribution in [-0.4, -0.2) is 36.6 Å². The van der Waals surface area contributed by atoms with E-state index < -0.39 is 0 Å². The van der Waals surface area contributed by atoms with Crippen molar-refractivity contribution >= 4 is 5.91 Å². The predicted octanol–water partition coefficient (Wildman–Crippen LogP) is 1.86. The van der Waals surface area contributed by atoms with E-state index in [1.165, 1.54) is 12.8 Å². The molecule has 3 nitrogen and oxygen atoms in total. The van der Waals surface area contributed by atoms with Gasteiger partial charge in [-0.1, -0.05) is 6.42 Å². The molecule has 0 aromatic rings. The van der Waals surface area contributed by atoms with Gasteiger partial charge < -0.3 is 5.73 Å². The molecular formula is C12H23FN2O. The molecule has 0 aliphatic carbocycles. The second-order valence-corrected chi connectivity index (χ2v) is 4.61. The molecule has 1 atom stereocenters. The van der Waals surface area contributed by atoms with Gasteiger partial charge in [0.05, 0.1) is 6.67 Å². The number of primary amides is 1. The van der Waals surface area contributed by atoms with Gasteiger partial charge in [0.1, 0.15) is 0 Å². The van der Waals surface area contributed by atoms with Crippen LogP contribution in [0.15, 0.2) is 0 Å². The van der Waals surface area contributed by atoms with Crippen LogP contribution in [0.3, 0.4) is 0 Å². The number of hydrogen-bond donors (Lipinski definition) is 1. The number of rotatable bonds is 7. The number of carbonyl (C=O) groups excluding carboxylic acids is 1. The lowest BCUT2D eigenvalue weighted by atomic mass is 9.98. The van der Waals surface area contributed by atoms with Gasteiger partial charge in [-0.05, 0) is 45.2 Å². The van der Waals surface area contributed by atoms with Crippen LogP contribution < -0.4 is 5.73 Å². The predicted molar refractivity (Wildman–Crippen MR) is 62.8 cm³/mol. The highest BCUT2D eigenvalue weighted by molar-refractivity contribution is 5.74. The Bertz CT molecular complexity index is 211. The molecule has 4 heteroatoms. The summed E-state index contributed by atoms with van der Waals surface area (Å²) in [6, 6.07) is 0.330. The minimum atomic E-state index is -0.218. The van der Waals surface area contributed by atoms with E-state index in [9.17, 15) is 9.18 Å². The average molecular weight is 230 g/mol. The first-order chi connectivity index (χ1) is 7.74. The fraction of sp³-hybridized carbons (Fsp3) is 0.917. The van der Waals surface area contributed by atoms with Crippen LogP contribution in [0.5, 0.6) is 0 Å². The van der Waals surface area contributed by atoms with Crippen LogP contribution in [0.4, 0.5) is 4.39 Å². The Morgan fingerprint density at radius 1 is 1.31 bits per heavy atom. The summed E-state index contributed by atoms with van der Waals surface area (Å²) in [5.74, 6) is -0.208. The summed E-state index contributed by atoms with van der Waals surface area (Å²) < 4.78 is 11.9. The number of likely N-dealkylation sites (tertiary alicyclic amines) is 1. The van der Waals surface area contributed by atoms with Gasteiger partial charge in [-0.25, -0.2) is 0 Å². The van der Waals surface area contributed by atoms with Crippen molar-refractivity contribution in [1.29, 1.82) is 0 Å². The minimum Gasteiger partial charge on any atom is -0.370 e. The largest absolute Gasteiger partial charge is 0.370 e. The van der Waals surface area contributed by atoms with Crippen molar-refractivity contribution in [3.05, 3.63) is 0 Å². The quantitative estimate of drug-likeness (QED) is 0.678. The molecule has 16 heavy (non-hydrogen) atoms. The number of halogens is 1. The summed E-state index contributed by atoms with van der Waals surface area (Å²) in [6.45, 7) is 1.83. The van der Waals surface area contributed by atoms with Crippen molar-refractivity contribution in [2.75, 3.05) is 19.8 Å². The van der Waals surface area contributed by atoms with E-state index in [1.807, 2.05) is 0 Å². The molecule has 0 aromatic heterocycles. The van der Waals surface area contributed by atoms with E-state index in [2.05, 4.69) is 4.90 Å². The molecule has 94 valence electrons. The Balaban J connectivity index is 2.26. The molecule has 1 aliphatic rings. The smallest absolute Gasteiger partial charge is 0.218 e. The van der Waals surface area contributed by atoms with E-state index in [0.29, 0.717) is 18.9 Å². The molecule has 1 heterocycles. The summed E-state index contributed by atoms with van der Waals surface area (Å²) in [6.07, 6.45) is 6.58. The van der Waals surface area contributed by atoms with Crippen LogP contribution in [-0.2, 0) is 4.79 Å². The highest BCUT2D eigenvalue weighted by Gasteiger charge is 2.23. The van der Waals surface area contributed by atoms with Crippen LogP contribution in [0.1, 0.15) is 44.9 Å². The van der Waals surface area contributed by atoms with E-state index in [0.717, 1.165) is 32.4 Å².